The minimum Gasteiger partial charge on any atom is -0.490 e. The molecule has 2 atom stereocenters. The van der Waals surface area contributed by atoms with Gasteiger partial charge in [-0.05, 0) is 25.0 Å². The lowest BCUT2D eigenvalue weighted by Crippen LogP contribution is -2.53. The van der Waals surface area contributed by atoms with Crippen LogP contribution in [0.2, 0.25) is 0 Å². The van der Waals surface area contributed by atoms with Crippen LogP contribution >= 0.6 is 15.9 Å². The van der Waals surface area contributed by atoms with Crippen LogP contribution in [0.5, 0.6) is 11.5 Å². The van der Waals surface area contributed by atoms with Gasteiger partial charge in [-0.15, -0.1) is 0 Å². The molecule has 2 unspecified atom stereocenters. The van der Waals surface area contributed by atoms with E-state index in [1.54, 1.807) is 0 Å². The maximum Gasteiger partial charge on any atom is 0.161 e. The Morgan fingerprint density at radius 2 is 1.94 bits per heavy atom. The van der Waals surface area contributed by atoms with Crippen molar-refractivity contribution in [3.8, 4) is 11.5 Å². The second-order valence-corrected chi connectivity index (χ2v) is 6.53. The van der Waals surface area contributed by atoms with Crippen molar-refractivity contribution in [2.75, 3.05) is 6.61 Å². The summed E-state index contributed by atoms with van der Waals surface area (Å²) in [6.45, 7) is 7.30. The maximum atomic E-state index is 6.11. The number of benzene rings is 1. The summed E-state index contributed by atoms with van der Waals surface area (Å²) in [5, 5.41) is 0. The monoisotopic (exact) mass is 312 g/mol. The number of alkyl halides is 1. The first-order chi connectivity index (χ1) is 8.55. The molecule has 1 aliphatic rings. The molecule has 0 aliphatic heterocycles. The van der Waals surface area contributed by atoms with Gasteiger partial charge in [0.2, 0.25) is 0 Å². The van der Waals surface area contributed by atoms with Crippen LogP contribution in [-0.2, 0) is 0 Å². The maximum absolute atomic E-state index is 6.11. The number of para-hydroxylation sites is 2. The van der Waals surface area contributed by atoms with Crippen molar-refractivity contribution in [2.24, 2.45) is 5.41 Å². The van der Waals surface area contributed by atoms with Gasteiger partial charge in [-0.25, -0.2) is 0 Å². The Kier molecular flexibility index (Phi) is 4.21. The quantitative estimate of drug-likeness (QED) is 0.749. The second-order valence-electron chi connectivity index (χ2n) is 5.43. The van der Waals surface area contributed by atoms with E-state index >= 15 is 0 Å². The zero-order chi connectivity index (χ0) is 13.2. The molecule has 100 valence electrons. The normalized spacial score (nSPS) is 25.3. The van der Waals surface area contributed by atoms with Crippen molar-refractivity contribution in [1.29, 1.82) is 0 Å². The van der Waals surface area contributed by atoms with Gasteiger partial charge in [0.1, 0.15) is 6.10 Å². The summed E-state index contributed by atoms with van der Waals surface area (Å²) < 4.78 is 11.8. The van der Waals surface area contributed by atoms with Gasteiger partial charge in [-0.1, -0.05) is 48.8 Å². The molecule has 1 aromatic rings. The van der Waals surface area contributed by atoms with E-state index in [1.165, 1.54) is 0 Å². The molecule has 1 aromatic carbocycles. The van der Waals surface area contributed by atoms with Crippen LogP contribution in [0.1, 0.15) is 33.6 Å². The zero-order valence-electron chi connectivity index (χ0n) is 11.3. The third-order valence-electron chi connectivity index (χ3n) is 3.64. The first-order valence-electron chi connectivity index (χ1n) is 6.58. The summed E-state index contributed by atoms with van der Waals surface area (Å²) in [6.07, 6.45) is 2.32. The number of rotatable bonds is 5. The molecule has 1 aliphatic carbocycles. The standard InChI is InChI=1S/C15H21BrO2/c1-4-9-17-11-7-5-6-8-12(11)18-14-10-13(16)15(14,2)3/h5-8,13-14H,4,9-10H2,1-3H3. The lowest BCUT2D eigenvalue weighted by atomic mass is 9.69. The van der Waals surface area contributed by atoms with Gasteiger partial charge in [0.15, 0.2) is 11.5 Å². The van der Waals surface area contributed by atoms with Gasteiger partial charge < -0.3 is 9.47 Å². The van der Waals surface area contributed by atoms with E-state index in [1.807, 2.05) is 24.3 Å². The Bertz CT molecular complexity index is 403. The summed E-state index contributed by atoms with van der Waals surface area (Å²) in [5.74, 6) is 1.72. The molecule has 0 spiro atoms. The topological polar surface area (TPSA) is 18.5 Å². The minimum absolute atomic E-state index is 0.178. The number of hydrogen-bond acceptors (Lipinski definition) is 2. The molecule has 0 aromatic heterocycles. The largest absolute Gasteiger partial charge is 0.490 e. The van der Waals surface area contributed by atoms with E-state index in [9.17, 15) is 0 Å². The van der Waals surface area contributed by atoms with Crippen LogP contribution < -0.4 is 9.47 Å². The van der Waals surface area contributed by atoms with E-state index in [0.717, 1.165) is 30.9 Å². The Morgan fingerprint density at radius 3 is 2.50 bits per heavy atom. The molecular weight excluding hydrogens is 292 g/mol. The average Bonchev–Trinajstić information content (AvgIpc) is 2.37. The third kappa shape index (κ3) is 2.66. The van der Waals surface area contributed by atoms with E-state index < -0.39 is 0 Å². The average molecular weight is 313 g/mol. The highest BCUT2D eigenvalue weighted by molar-refractivity contribution is 9.09. The van der Waals surface area contributed by atoms with E-state index in [-0.39, 0.29) is 11.5 Å². The van der Waals surface area contributed by atoms with Gasteiger partial charge in [-0.3, -0.25) is 0 Å². The van der Waals surface area contributed by atoms with Crippen LogP contribution in [0.25, 0.3) is 0 Å². The van der Waals surface area contributed by atoms with Crippen LogP contribution in [0.3, 0.4) is 0 Å². The number of hydrogen-bond donors (Lipinski definition) is 0. The first kappa shape index (κ1) is 13.7. The second kappa shape index (κ2) is 5.52. The van der Waals surface area contributed by atoms with Crippen molar-refractivity contribution in [3.63, 3.8) is 0 Å². The van der Waals surface area contributed by atoms with Crippen molar-refractivity contribution in [1.82, 2.24) is 0 Å². The van der Waals surface area contributed by atoms with Crippen molar-refractivity contribution >= 4 is 15.9 Å². The van der Waals surface area contributed by atoms with Gasteiger partial charge >= 0.3 is 0 Å². The molecule has 0 amide bonds. The molecular formula is C15H21BrO2. The molecule has 0 N–H and O–H groups in total. The van der Waals surface area contributed by atoms with Crippen LogP contribution in [0.15, 0.2) is 24.3 Å². The van der Waals surface area contributed by atoms with Crippen LogP contribution in [-0.4, -0.2) is 17.5 Å². The smallest absolute Gasteiger partial charge is 0.161 e. The SMILES string of the molecule is CCCOc1ccccc1OC1CC(Br)C1(C)C. The fraction of sp³-hybridized carbons (Fsp3) is 0.600. The first-order valence-corrected chi connectivity index (χ1v) is 7.49. The highest BCUT2D eigenvalue weighted by atomic mass is 79.9. The van der Waals surface area contributed by atoms with Crippen LogP contribution in [0, 0.1) is 5.41 Å². The molecule has 18 heavy (non-hydrogen) atoms. The lowest BCUT2D eigenvalue weighted by Gasteiger charge is -2.48. The predicted octanol–water partition coefficient (Wildman–Crippen LogP) is 4.42. The molecule has 3 heteroatoms. The molecule has 0 radical (unpaired) electrons. The third-order valence-corrected chi connectivity index (χ3v) is 5.19. The van der Waals surface area contributed by atoms with Crippen LogP contribution in [0.4, 0.5) is 0 Å². The molecule has 0 heterocycles. The molecule has 1 saturated carbocycles. The van der Waals surface area contributed by atoms with E-state index in [0.29, 0.717) is 4.83 Å². The summed E-state index contributed by atoms with van der Waals surface area (Å²) in [5.41, 5.74) is 0.178. The number of halogens is 1. The minimum atomic E-state index is 0.178. The lowest BCUT2D eigenvalue weighted by molar-refractivity contribution is -0.00961. The zero-order valence-corrected chi connectivity index (χ0v) is 12.9. The fourth-order valence-electron chi connectivity index (χ4n) is 2.07. The molecule has 0 saturated heterocycles. The highest BCUT2D eigenvalue weighted by Crippen LogP contribution is 2.48. The van der Waals surface area contributed by atoms with Gasteiger partial charge in [0.05, 0.1) is 6.61 Å². The summed E-state index contributed by atoms with van der Waals surface area (Å²) >= 11 is 3.68. The summed E-state index contributed by atoms with van der Waals surface area (Å²) in [4.78, 5) is 0.540. The molecule has 2 rings (SSSR count). The van der Waals surface area contributed by atoms with Crippen molar-refractivity contribution < 1.29 is 9.47 Å². The van der Waals surface area contributed by atoms with Gasteiger partial charge in [0.25, 0.3) is 0 Å². The van der Waals surface area contributed by atoms with Crippen molar-refractivity contribution in [3.05, 3.63) is 24.3 Å². The van der Waals surface area contributed by atoms with Gasteiger partial charge in [0, 0.05) is 10.2 Å². The Hall–Kier alpha value is -0.700. The Labute approximate surface area is 118 Å². The molecule has 1 fully saturated rings. The molecule has 0 bridgehead atoms. The summed E-state index contributed by atoms with van der Waals surface area (Å²) in [6, 6.07) is 7.94. The van der Waals surface area contributed by atoms with E-state index in [2.05, 4.69) is 36.7 Å². The van der Waals surface area contributed by atoms with E-state index in [4.69, 9.17) is 9.47 Å². The summed E-state index contributed by atoms with van der Waals surface area (Å²) in [7, 11) is 0. The van der Waals surface area contributed by atoms with Gasteiger partial charge in [-0.2, -0.15) is 0 Å². The molecule has 2 nitrogen and oxygen atoms in total. The Balaban J connectivity index is 2.05. The highest BCUT2D eigenvalue weighted by Gasteiger charge is 2.48. The fourth-order valence-corrected chi connectivity index (χ4v) is 2.70. The van der Waals surface area contributed by atoms with Crippen molar-refractivity contribution in [2.45, 2.75) is 44.5 Å². The Morgan fingerprint density at radius 1 is 1.28 bits per heavy atom. The number of ether oxygens (including phenoxy) is 2. The predicted molar refractivity (Wildman–Crippen MR) is 77.8 cm³/mol.